The number of aromatic carboxylic acids is 1. The number of ether oxygens (including phenoxy) is 1. The van der Waals surface area contributed by atoms with Crippen molar-refractivity contribution in [1.82, 2.24) is 15.1 Å². The number of hydrogen-bond donors (Lipinski definition) is 3. The van der Waals surface area contributed by atoms with E-state index in [2.05, 4.69) is 38.1 Å². The van der Waals surface area contributed by atoms with Gasteiger partial charge < -0.3 is 25.2 Å². The highest BCUT2D eigenvalue weighted by atomic mass is 79.9. The van der Waals surface area contributed by atoms with Gasteiger partial charge in [-0.05, 0) is 53.1 Å². The summed E-state index contributed by atoms with van der Waals surface area (Å²) in [6.07, 6.45) is 22.9. The molecule has 212 valence electrons. The number of carboxylic acids is 2. The van der Waals surface area contributed by atoms with Crippen molar-refractivity contribution in [2.24, 2.45) is 5.92 Å². The minimum Gasteiger partial charge on any atom is -0.479 e. The molecule has 0 radical (unpaired) electrons. The van der Waals surface area contributed by atoms with Crippen LogP contribution in [0.2, 0.25) is 0 Å². The summed E-state index contributed by atoms with van der Waals surface area (Å²) >= 11 is 4.50. The van der Waals surface area contributed by atoms with Gasteiger partial charge in [-0.2, -0.15) is 0 Å². The molecule has 3 aliphatic rings. The monoisotopic (exact) mass is 629 g/mol. The van der Waals surface area contributed by atoms with Gasteiger partial charge in [0.15, 0.2) is 17.2 Å². The number of thiophene rings is 1. The van der Waals surface area contributed by atoms with Crippen LogP contribution >= 0.6 is 27.3 Å². The Morgan fingerprint density at radius 2 is 1.98 bits per heavy atom. The molecule has 4 rings (SSSR count). The van der Waals surface area contributed by atoms with Crippen molar-refractivity contribution >= 4 is 50.8 Å². The number of likely N-dealkylation sites (tertiary alicyclic amines) is 1. The number of halogens is 1. The van der Waals surface area contributed by atoms with Gasteiger partial charge in [-0.25, -0.2) is 14.4 Å². The van der Waals surface area contributed by atoms with Gasteiger partial charge in [0.2, 0.25) is 0 Å². The highest BCUT2D eigenvalue weighted by molar-refractivity contribution is 9.10. The lowest BCUT2D eigenvalue weighted by Gasteiger charge is -2.37. The summed E-state index contributed by atoms with van der Waals surface area (Å²) in [5, 5.41) is 21.7. The molecule has 0 spiro atoms. The van der Waals surface area contributed by atoms with Crippen LogP contribution in [0, 0.1) is 18.3 Å². The molecule has 11 heteroatoms. The van der Waals surface area contributed by atoms with Gasteiger partial charge in [-0.15, -0.1) is 17.8 Å². The van der Waals surface area contributed by atoms with Crippen molar-refractivity contribution in [3.63, 3.8) is 0 Å². The number of amides is 2. The zero-order chi connectivity index (χ0) is 28.6. The van der Waals surface area contributed by atoms with Crippen LogP contribution in [0.5, 0.6) is 5.75 Å². The van der Waals surface area contributed by atoms with Gasteiger partial charge >= 0.3 is 18.0 Å². The molecule has 3 N–H and O–H groups in total. The smallest absolute Gasteiger partial charge is 0.349 e. The average molecular weight is 631 g/mol. The number of nitrogens with one attached hydrogen (secondary N) is 1. The summed E-state index contributed by atoms with van der Waals surface area (Å²) in [6, 6.07) is 0.0217. The average Bonchev–Trinajstić information content (AvgIpc) is 3.29. The van der Waals surface area contributed by atoms with Crippen molar-refractivity contribution in [3.8, 4) is 18.1 Å². The first-order valence-corrected chi connectivity index (χ1v) is 14.7. The lowest BCUT2D eigenvalue weighted by atomic mass is 9.93. The fourth-order valence-corrected chi connectivity index (χ4v) is 7.06. The number of terminal acetylenes is 1. The van der Waals surface area contributed by atoms with E-state index in [9.17, 15) is 19.5 Å². The third kappa shape index (κ3) is 7.44. The van der Waals surface area contributed by atoms with Gasteiger partial charge in [0.05, 0.1) is 17.1 Å². The molecule has 1 aromatic heterocycles. The van der Waals surface area contributed by atoms with Gasteiger partial charge in [-0.1, -0.05) is 48.5 Å². The number of nitrogens with zero attached hydrogens (tertiary/aromatic N) is 2. The number of piperidine rings is 1. The molecular formula is C29H32BrN3O6S. The largest absolute Gasteiger partial charge is 0.479 e. The molecule has 9 nitrogen and oxygen atoms in total. The first-order valence-electron chi connectivity index (χ1n) is 13.1. The number of urea groups is 1. The van der Waals surface area contributed by atoms with E-state index in [4.69, 9.17) is 16.3 Å². The van der Waals surface area contributed by atoms with Crippen LogP contribution in [0.3, 0.4) is 0 Å². The first kappa shape index (κ1) is 29.6. The molecule has 1 fully saturated rings. The number of rotatable bonds is 10. The normalized spacial score (nSPS) is 20.7. The highest BCUT2D eigenvalue weighted by Crippen LogP contribution is 2.45. The van der Waals surface area contributed by atoms with Crippen LogP contribution in [0.1, 0.15) is 40.2 Å². The van der Waals surface area contributed by atoms with E-state index in [0.717, 1.165) is 42.7 Å². The minimum atomic E-state index is -1.19. The molecule has 40 heavy (non-hydrogen) atoms. The van der Waals surface area contributed by atoms with Crippen molar-refractivity contribution in [2.75, 3.05) is 32.8 Å². The SMILES string of the molecule is C#CCN(CC1CCN(C(=O)NC2C=CC=CC2)CC1)C1C=CC=C(c2sc(C(=O)O)c(OCC(=O)O)c2Br)C1. The van der Waals surface area contributed by atoms with Crippen LogP contribution in [-0.2, 0) is 4.79 Å². The number of hydrogen-bond acceptors (Lipinski definition) is 6. The maximum atomic E-state index is 12.7. The highest BCUT2D eigenvalue weighted by Gasteiger charge is 2.30. The summed E-state index contributed by atoms with van der Waals surface area (Å²) in [4.78, 5) is 40.3. The summed E-state index contributed by atoms with van der Waals surface area (Å²) in [5.74, 6) is 0.819. The summed E-state index contributed by atoms with van der Waals surface area (Å²) in [7, 11) is 0. The van der Waals surface area contributed by atoms with E-state index in [1.807, 2.05) is 41.4 Å². The molecule has 1 saturated heterocycles. The van der Waals surface area contributed by atoms with Crippen molar-refractivity contribution in [2.45, 2.75) is 37.8 Å². The second-order valence-corrected chi connectivity index (χ2v) is 11.7. The predicted molar refractivity (Wildman–Crippen MR) is 158 cm³/mol. The standard InChI is InChI=1S/C29H32BrN3O6S/c1-2-13-33(17-19-11-14-32(15-12-19)29(38)31-21-8-4-3-5-9-21)22-10-6-7-20(16-22)26-24(30)25(39-18-23(34)35)27(40-26)28(36)37/h1,3-8,10,19,21-22H,9,11-18H2,(H,31,38)(H,34,35)(H,36,37). The molecule has 0 aromatic carbocycles. The molecule has 1 aliphatic heterocycles. The molecule has 0 saturated carbocycles. The van der Waals surface area contributed by atoms with Gasteiger partial charge in [-0.3, -0.25) is 4.90 Å². The first-order chi connectivity index (χ1) is 19.3. The fourth-order valence-electron chi connectivity index (χ4n) is 5.11. The van der Waals surface area contributed by atoms with E-state index < -0.39 is 18.5 Å². The van der Waals surface area contributed by atoms with E-state index in [0.29, 0.717) is 41.3 Å². The second kappa shape index (κ2) is 13.8. The third-order valence-electron chi connectivity index (χ3n) is 7.14. The number of allylic oxidation sites excluding steroid dienone is 4. The van der Waals surface area contributed by atoms with E-state index in [1.54, 1.807) is 0 Å². The van der Waals surface area contributed by atoms with Crippen LogP contribution in [0.15, 0.2) is 47.0 Å². The third-order valence-corrected chi connectivity index (χ3v) is 9.40. The summed E-state index contributed by atoms with van der Waals surface area (Å²) in [5.41, 5.74) is 0.914. The Morgan fingerprint density at radius 1 is 1.20 bits per heavy atom. The fraction of sp³-hybridized carbons (Fsp3) is 0.414. The van der Waals surface area contributed by atoms with Crippen LogP contribution in [-0.4, -0.2) is 82.9 Å². The second-order valence-electron chi connectivity index (χ2n) is 9.91. The van der Waals surface area contributed by atoms with E-state index >= 15 is 0 Å². The molecular weight excluding hydrogens is 598 g/mol. The quantitative estimate of drug-likeness (QED) is 0.323. The number of carboxylic acid groups (broad SMARTS) is 2. The van der Waals surface area contributed by atoms with E-state index in [-0.39, 0.29) is 28.7 Å². The Kier molecular flexibility index (Phi) is 10.3. The molecule has 2 unspecified atom stereocenters. The molecule has 0 bridgehead atoms. The van der Waals surface area contributed by atoms with E-state index in [1.165, 1.54) is 0 Å². The molecule has 2 heterocycles. The lowest BCUT2D eigenvalue weighted by Crippen LogP contribution is -2.49. The lowest BCUT2D eigenvalue weighted by molar-refractivity contribution is -0.139. The zero-order valence-electron chi connectivity index (χ0n) is 21.9. The summed E-state index contributed by atoms with van der Waals surface area (Å²) < 4.78 is 5.74. The summed E-state index contributed by atoms with van der Waals surface area (Å²) in [6.45, 7) is 2.00. The Hall–Kier alpha value is -3.33. The Balaban J connectivity index is 1.37. The number of aliphatic carboxylic acids is 1. The predicted octanol–water partition coefficient (Wildman–Crippen LogP) is 4.63. The van der Waals surface area contributed by atoms with Crippen molar-refractivity contribution in [1.29, 1.82) is 0 Å². The molecule has 2 amide bonds. The van der Waals surface area contributed by atoms with Crippen LogP contribution in [0.4, 0.5) is 4.79 Å². The Bertz CT molecular complexity index is 1290. The topological polar surface area (TPSA) is 119 Å². The van der Waals surface area contributed by atoms with Gasteiger partial charge in [0.25, 0.3) is 0 Å². The maximum absolute atomic E-state index is 12.7. The number of carbonyl (C=O) groups excluding carboxylic acids is 1. The van der Waals surface area contributed by atoms with Crippen LogP contribution in [0.25, 0.3) is 5.57 Å². The Morgan fingerprint density at radius 3 is 2.62 bits per heavy atom. The molecule has 1 aromatic rings. The van der Waals surface area contributed by atoms with Gasteiger partial charge in [0, 0.05) is 30.6 Å². The molecule has 2 aliphatic carbocycles. The van der Waals surface area contributed by atoms with Gasteiger partial charge in [0.1, 0.15) is 0 Å². The maximum Gasteiger partial charge on any atom is 0.349 e. The minimum absolute atomic E-state index is 0.00851. The number of carbonyl (C=O) groups is 3. The Labute approximate surface area is 246 Å². The van der Waals surface area contributed by atoms with Crippen LogP contribution < -0.4 is 10.1 Å². The van der Waals surface area contributed by atoms with Crippen molar-refractivity contribution in [3.05, 3.63) is 56.8 Å². The molecule has 2 atom stereocenters. The zero-order valence-corrected chi connectivity index (χ0v) is 24.3. The van der Waals surface area contributed by atoms with Crippen molar-refractivity contribution < 1.29 is 29.3 Å².